The van der Waals surface area contributed by atoms with E-state index in [1.807, 2.05) is 0 Å². The van der Waals surface area contributed by atoms with Gasteiger partial charge in [-0.05, 0) is 29.3 Å². The molecule has 3 N–H and O–H groups in total. The molecule has 0 spiro atoms. The number of nitrogens with two attached hydrogens (primary N) is 1. The van der Waals surface area contributed by atoms with E-state index in [2.05, 4.69) is 5.32 Å². The summed E-state index contributed by atoms with van der Waals surface area (Å²) in [4.78, 5) is 12.1. The number of primary amides is 1. The zero-order valence-corrected chi connectivity index (χ0v) is 18.7. The van der Waals surface area contributed by atoms with E-state index in [0.717, 1.165) is 12.8 Å². The van der Waals surface area contributed by atoms with Crippen LogP contribution in [-0.2, 0) is 26.1 Å². The van der Waals surface area contributed by atoms with Crippen LogP contribution in [0.1, 0.15) is 17.0 Å². The van der Waals surface area contributed by atoms with E-state index < -0.39 is 21.8 Å². The van der Waals surface area contributed by atoms with Crippen molar-refractivity contribution in [2.75, 3.05) is 30.3 Å². The number of nitrogens with one attached hydrogen (secondary N) is 1. The molecule has 0 radical (unpaired) electrons. The van der Waals surface area contributed by atoms with Crippen LogP contribution < -0.4 is 15.4 Å². The molecule has 0 bridgehead atoms. The molecule has 1 heterocycles. The average molecular weight is 472 g/mol. The largest absolute Gasteiger partial charge is 0.374 e. The standard InChI is InChI=1S/C20H23Cl2N3O4S/c1-30(27,28)25(12-14-3-2-4-16(21)19(14)22)15-7-5-13(6-8-15)18(20(23)26)17-11-24-9-10-29-17/h2-8,17-18,24H,9-12H2,1H3,(H2,23,26). The Morgan fingerprint density at radius 1 is 1.27 bits per heavy atom. The molecule has 10 heteroatoms. The highest BCUT2D eigenvalue weighted by Gasteiger charge is 2.31. The van der Waals surface area contributed by atoms with E-state index in [4.69, 9.17) is 33.7 Å². The number of rotatable bonds is 7. The SMILES string of the molecule is CS(=O)(=O)N(Cc1cccc(Cl)c1Cl)c1ccc(C(C(N)=O)C2CNCCO2)cc1. The molecule has 162 valence electrons. The van der Waals surface area contributed by atoms with Crippen LogP contribution in [0.25, 0.3) is 0 Å². The molecule has 0 aromatic heterocycles. The minimum Gasteiger partial charge on any atom is -0.374 e. The van der Waals surface area contributed by atoms with Gasteiger partial charge in [0.15, 0.2) is 0 Å². The molecular weight excluding hydrogens is 449 g/mol. The molecule has 1 aliphatic rings. The van der Waals surface area contributed by atoms with Gasteiger partial charge in [-0.1, -0.05) is 47.5 Å². The minimum absolute atomic E-state index is 0.0203. The number of carbonyl (C=O) groups is 1. The average Bonchev–Trinajstić information content (AvgIpc) is 2.70. The number of ether oxygens (including phenoxy) is 1. The van der Waals surface area contributed by atoms with Crippen molar-refractivity contribution >= 4 is 44.8 Å². The molecule has 3 rings (SSSR count). The number of amides is 1. The Bertz CT molecular complexity index is 1010. The van der Waals surface area contributed by atoms with Crippen LogP contribution in [0.5, 0.6) is 0 Å². The van der Waals surface area contributed by atoms with Crippen molar-refractivity contribution in [1.29, 1.82) is 0 Å². The van der Waals surface area contributed by atoms with E-state index in [1.54, 1.807) is 42.5 Å². The second-order valence-corrected chi connectivity index (χ2v) is 9.76. The zero-order chi connectivity index (χ0) is 21.9. The Balaban J connectivity index is 1.90. The molecule has 30 heavy (non-hydrogen) atoms. The van der Waals surface area contributed by atoms with Crippen LogP contribution in [0.4, 0.5) is 5.69 Å². The van der Waals surface area contributed by atoms with E-state index in [1.165, 1.54) is 4.31 Å². The maximum atomic E-state index is 12.5. The predicted octanol–water partition coefficient (Wildman–Crippen LogP) is 2.52. The van der Waals surface area contributed by atoms with Crippen LogP contribution in [-0.4, -0.2) is 46.4 Å². The maximum Gasteiger partial charge on any atom is 0.232 e. The Labute approximate surface area is 186 Å². The molecule has 0 saturated carbocycles. The molecule has 2 aromatic carbocycles. The fraction of sp³-hybridized carbons (Fsp3) is 0.350. The molecule has 0 aliphatic carbocycles. The molecule has 2 unspecified atom stereocenters. The van der Waals surface area contributed by atoms with Gasteiger partial charge in [0.1, 0.15) is 0 Å². The van der Waals surface area contributed by atoms with Crippen molar-refractivity contribution in [3.8, 4) is 0 Å². The summed E-state index contributed by atoms with van der Waals surface area (Å²) in [6.07, 6.45) is 0.742. The number of benzene rings is 2. The normalized spacial score (nSPS) is 18.0. The molecular formula is C20H23Cl2N3O4S. The number of sulfonamides is 1. The number of anilines is 1. The zero-order valence-electron chi connectivity index (χ0n) is 16.3. The number of carbonyl (C=O) groups excluding carboxylic acids is 1. The quantitative estimate of drug-likeness (QED) is 0.645. The van der Waals surface area contributed by atoms with E-state index in [9.17, 15) is 13.2 Å². The van der Waals surface area contributed by atoms with Crippen LogP contribution >= 0.6 is 23.2 Å². The van der Waals surface area contributed by atoms with Gasteiger partial charge < -0.3 is 15.8 Å². The number of hydrogen-bond donors (Lipinski definition) is 2. The molecule has 7 nitrogen and oxygen atoms in total. The third-order valence-corrected chi connectivity index (χ3v) is 6.92. The Morgan fingerprint density at radius 2 is 1.97 bits per heavy atom. The highest BCUT2D eigenvalue weighted by atomic mass is 35.5. The summed E-state index contributed by atoms with van der Waals surface area (Å²) in [6, 6.07) is 11.7. The van der Waals surface area contributed by atoms with Gasteiger partial charge in [-0.25, -0.2) is 8.42 Å². The number of halogens is 2. The summed E-state index contributed by atoms with van der Waals surface area (Å²) in [6.45, 7) is 1.75. The summed E-state index contributed by atoms with van der Waals surface area (Å²) in [5.41, 5.74) is 7.29. The first kappa shape index (κ1) is 22.8. The van der Waals surface area contributed by atoms with Gasteiger partial charge in [0.05, 0.1) is 47.2 Å². The molecule has 1 fully saturated rings. The van der Waals surface area contributed by atoms with Gasteiger partial charge in [-0.3, -0.25) is 9.10 Å². The van der Waals surface area contributed by atoms with Crippen molar-refractivity contribution in [3.05, 3.63) is 63.6 Å². The second-order valence-electron chi connectivity index (χ2n) is 7.07. The molecule has 1 saturated heterocycles. The molecule has 2 atom stereocenters. The summed E-state index contributed by atoms with van der Waals surface area (Å²) in [7, 11) is -3.61. The van der Waals surface area contributed by atoms with Gasteiger partial charge in [0.2, 0.25) is 15.9 Å². The predicted molar refractivity (Wildman–Crippen MR) is 118 cm³/mol. The van der Waals surface area contributed by atoms with Crippen LogP contribution in [0.3, 0.4) is 0 Å². The fourth-order valence-corrected chi connectivity index (χ4v) is 4.69. The maximum absolute atomic E-state index is 12.5. The first-order valence-corrected chi connectivity index (χ1v) is 11.9. The third kappa shape index (κ3) is 5.25. The Morgan fingerprint density at radius 3 is 2.53 bits per heavy atom. The lowest BCUT2D eigenvalue weighted by molar-refractivity contribution is -0.123. The van der Waals surface area contributed by atoms with Gasteiger partial charge in [0.25, 0.3) is 0 Å². The first-order valence-electron chi connectivity index (χ1n) is 9.30. The summed E-state index contributed by atoms with van der Waals surface area (Å²) >= 11 is 12.3. The smallest absolute Gasteiger partial charge is 0.232 e. The number of nitrogens with zero attached hydrogens (tertiary/aromatic N) is 1. The highest BCUT2D eigenvalue weighted by Crippen LogP contribution is 2.30. The van der Waals surface area contributed by atoms with E-state index >= 15 is 0 Å². The van der Waals surface area contributed by atoms with E-state index in [0.29, 0.717) is 40.0 Å². The lowest BCUT2D eigenvalue weighted by atomic mass is 9.91. The van der Waals surface area contributed by atoms with Crippen LogP contribution in [0, 0.1) is 0 Å². The van der Waals surface area contributed by atoms with Crippen LogP contribution in [0.15, 0.2) is 42.5 Å². The monoisotopic (exact) mass is 471 g/mol. The van der Waals surface area contributed by atoms with Crippen molar-refractivity contribution in [3.63, 3.8) is 0 Å². The molecule has 1 aliphatic heterocycles. The number of morpholine rings is 1. The molecule has 1 amide bonds. The van der Waals surface area contributed by atoms with Gasteiger partial charge in [-0.15, -0.1) is 0 Å². The van der Waals surface area contributed by atoms with Crippen LogP contribution in [0.2, 0.25) is 10.0 Å². The minimum atomic E-state index is -3.61. The van der Waals surface area contributed by atoms with Crippen molar-refractivity contribution in [2.24, 2.45) is 5.73 Å². The summed E-state index contributed by atoms with van der Waals surface area (Å²) < 4.78 is 31.8. The summed E-state index contributed by atoms with van der Waals surface area (Å²) in [5.74, 6) is -1.14. The van der Waals surface area contributed by atoms with Crippen molar-refractivity contribution in [2.45, 2.75) is 18.6 Å². The highest BCUT2D eigenvalue weighted by molar-refractivity contribution is 7.92. The lowest BCUT2D eigenvalue weighted by Gasteiger charge is -2.30. The van der Waals surface area contributed by atoms with Gasteiger partial charge >= 0.3 is 0 Å². The summed E-state index contributed by atoms with van der Waals surface area (Å²) in [5, 5.41) is 3.84. The van der Waals surface area contributed by atoms with Gasteiger partial charge in [0, 0.05) is 13.1 Å². The fourth-order valence-electron chi connectivity index (χ4n) is 3.44. The Kier molecular flexibility index (Phi) is 7.26. The molecule has 2 aromatic rings. The second kappa shape index (κ2) is 9.53. The topological polar surface area (TPSA) is 102 Å². The first-order chi connectivity index (χ1) is 14.2. The van der Waals surface area contributed by atoms with Crippen molar-refractivity contribution < 1.29 is 17.9 Å². The Hall–Kier alpha value is -1.84. The van der Waals surface area contributed by atoms with E-state index in [-0.39, 0.29) is 12.6 Å². The lowest BCUT2D eigenvalue weighted by Crippen LogP contribution is -2.45. The number of hydrogen-bond acceptors (Lipinski definition) is 5. The van der Waals surface area contributed by atoms with Crippen molar-refractivity contribution in [1.82, 2.24) is 5.32 Å². The third-order valence-electron chi connectivity index (χ3n) is 4.92. The van der Waals surface area contributed by atoms with Gasteiger partial charge in [-0.2, -0.15) is 0 Å².